The van der Waals surface area contributed by atoms with E-state index in [1.54, 1.807) is 18.7 Å². The van der Waals surface area contributed by atoms with Crippen molar-refractivity contribution in [3.63, 3.8) is 0 Å². The van der Waals surface area contributed by atoms with E-state index in [2.05, 4.69) is 10.3 Å². The Bertz CT molecular complexity index is 715. The molecule has 0 radical (unpaired) electrons. The van der Waals surface area contributed by atoms with Gasteiger partial charge in [0.25, 0.3) is 5.56 Å². The zero-order chi connectivity index (χ0) is 16.8. The largest absolute Gasteiger partial charge is 0.497 e. The topological polar surface area (TPSA) is 56.1 Å². The lowest BCUT2D eigenvalue weighted by molar-refractivity contribution is 0.414. The number of aryl methyl sites for hydroxylation is 1. The van der Waals surface area contributed by atoms with E-state index in [4.69, 9.17) is 16.3 Å². The van der Waals surface area contributed by atoms with Crippen LogP contribution in [0.15, 0.2) is 29.1 Å². The average molecular weight is 372 g/mol. The van der Waals surface area contributed by atoms with Crippen LogP contribution < -0.4 is 15.6 Å². The highest BCUT2D eigenvalue weighted by Crippen LogP contribution is 2.12. The quantitative estimate of drug-likeness (QED) is 0.760. The Morgan fingerprint density at radius 2 is 1.92 bits per heavy atom. The van der Waals surface area contributed by atoms with Gasteiger partial charge in [0, 0.05) is 30.7 Å². The van der Waals surface area contributed by atoms with Crippen molar-refractivity contribution in [3.05, 3.63) is 51.4 Å². The number of alkyl halides is 1. The Kier molecular flexibility index (Phi) is 8.08. The fraction of sp³-hybridized carbons (Fsp3) is 0.412. The van der Waals surface area contributed by atoms with E-state index < -0.39 is 0 Å². The number of methoxy groups -OCH3 is 1. The maximum absolute atomic E-state index is 12.3. The van der Waals surface area contributed by atoms with Gasteiger partial charge in [-0.3, -0.25) is 9.36 Å². The number of rotatable bonds is 7. The van der Waals surface area contributed by atoms with Crippen LogP contribution in [0.2, 0.25) is 0 Å². The number of anilines is 1. The van der Waals surface area contributed by atoms with E-state index in [0.717, 1.165) is 17.9 Å². The van der Waals surface area contributed by atoms with Gasteiger partial charge in [0.15, 0.2) is 0 Å². The van der Waals surface area contributed by atoms with Crippen molar-refractivity contribution in [2.75, 3.05) is 24.9 Å². The maximum atomic E-state index is 12.3. The fourth-order valence-electron chi connectivity index (χ4n) is 2.41. The van der Waals surface area contributed by atoms with Gasteiger partial charge in [-0.25, -0.2) is 4.98 Å². The normalized spacial score (nSPS) is 10.2. The highest BCUT2D eigenvalue weighted by atomic mass is 35.5. The van der Waals surface area contributed by atoms with Crippen LogP contribution in [0.4, 0.5) is 5.95 Å². The molecule has 7 heteroatoms. The summed E-state index contributed by atoms with van der Waals surface area (Å²) in [5.74, 6) is 1.85. The van der Waals surface area contributed by atoms with E-state index >= 15 is 0 Å². The third-order valence-corrected chi connectivity index (χ3v) is 3.98. The summed E-state index contributed by atoms with van der Waals surface area (Å²) >= 11 is 5.74. The van der Waals surface area contributed by atoms with E-state index in [-0.39, 0.29) is 18.0 Å². The summed E-state index contributed by atoms with van der Waals surface area (Å²) in [6, 6.07) is 7.94. The number of aromatic nitrogens is 2. The van der Waals surface area contributed by atoms with Gasteiger partial charge in [0.05, 0.1) is 7.11 Å². The molecule has 1 aromatic carbocycles. The predicted octanol–water partition coefficient (Wildman–Crippen LogP) is 2.96. The van der Waals surface area contributed by atoms with Crippen molar-refractivity contribution in [1.29, 1.82) is 0 Å². The van der Waals surface area contributed by atoms with Crippen LogP contribution in [0.25, 0.3) is 0 Å². The summed E-state index contributed by atoms with van der Waals surface area (Å²) in [4.78, 5) is 16.8. The van der Waals surface area contributed by atoms with Crippen LogP contribution in [0, 0.1) is 6.92 Å². The van der Waals surface area contributed by atoms with E-state index in [1.807, 2.05) is 31.2 Å². The lowest BCUT2D eigenvalue weighted by atomic mass is 10.1. The van der Waals surface area contributed by atoms with E-state index in [9.17, 15) is 4.79 Å². The molecule has 0 fully saturated rings. The second-order valence-electron chi connectivity index (χ2n) is 5.33. The summed E-state index contributed by atoms with van der Waals surface area (Å²) in [5.41, 5.74) is 2.58. The summed E-state index contributed by atoms with van der Waals surface area (Å²) in [5, 5.41) is 3.23. The summed E-state index contributed by atoms with van der Waals surface area (Å²) in [6.45, 7) is 2.54. The van der Waals surface area contributed by atoms with Gasteiger partial charge in [0.2, 0.25) is 5.95 Å². The molecule has 0 saturated heterocycles. The van der Waals surface area contributed by atoms with Gasteiger partial charge in [-0.15, -0.1) is 24.0 Å². The molecule has 2 aromatic rings. The lowest BCUT2D eigenvalue weighted by Gasteiger charge is -2.13. The smallest absolute Gasteiger partial charge is 0.258 e. The summed E-state index contributed by atoms with van der Waals surface area (Å²) in [6.07, 6.45) is 1.38. The van der Waals surface area contributed by atoms with Crippen LogP contribution in [0.1, 0.15) is 16.8 Å². The second kappa shape index (κ2) is 9.55. The Labute approximate surface area is 153 Å². The van der Waals surface area contributed by atoms with E-state index in [0.29, 0.717) is 30.4 Å². The zero-order valence-corrected chi connectivity index (χ0v) is 15.7. The molecule has 0 unspecified atom stereocenters. The minimum absolute atomic E-state index is 0. The Hall–Kier alpha value is -1.72. The highest BCUT2D eigenvalue weighted by Gasteiger charge is 2.11. The van der Waals surface area contributed by atoms with Crippen LogP contribution in [0.5, 0.6) is 5.75 Å². The van der Waals surface area contributed by atoms with E-state index in [1.165, 1.54) is 5.56 Å². The molecule has 1 aromatic heterocycles. The number of nitrogens with one attached hydrogen (secondary N) is 1. The average Bonchev–Trinajstić information content (AvgIpc) is 2.56. The first-order chi connectivity index (χ1) is 11.1. The number of nitrogens with zero attached hydrogens (tertiary/aromatic N) is 2. The monoisotopic (exact) mass is 371 g/mol. The van der Waals surface area contributed by atoms with Crippen molar-refractivity contribution >= 4 is 30.0 Å². The third-order valence-electron chi connectivity index (χ3n) is 3.79. The molecule has 24 heavy (non-hydrogen) atoms. The SMILES string of the molecule is COc1ccc(CCNc2nc(C)c(CCCl)c(=O)n2C)cc1.Cl. The molecular formula is C17H23Cl2N3O2. The van der Waals surface area contributed by atoms with Gasteiger partial charge in [-0.2, -0.15) is 0 Å². The van der Waals surface area contributed by atoms with Crippen LogP contribution >= 0.6 is 24.0 Å². The standard InChI is InChI=1S/C17H22ClN3O2.ClH/c1-12-15(8-10-18)16(22)21(2)17(20-12)19-11-9-13-4-6-14(23-3)7-5-13;/h4-7H,8-11H2,1-3H3,(H,19,20);1H. The first-order valence-electron chi connectivity index (χ1n) is 7.56. The molecule has 0 saturated carbocycles. The fourth-order valence-corrected chi connectivity index (χ4v) is 2.59. The van der Waals surface area contributed by atoms with Crippen molar-refractivity contribution in [3.8, 4) is 5.75 Å². The highest BCUT2D eigenvalue weighted by molar-refractivity contribution is 6.18. The number of halogens is 2. The summed E-state index contributed by atoms with van der Waals surface area (Å²) in [7, 11) is 3.38. The van der Waals surface area contributed by atoms with Gasteiger partial charge in [-0.05, 0) is 37.5 Å². The molecular weight excluding hydrogens is 349 g/mol. The Morgan fingerprint density at radius 1 is 1.25 bits per heavy atom. The summed E-state index contributed by atoms with van der Waals surface area (Å²) < 4.78 is 6.69. The van der Waals surface area contributed by atoms with Gasteiger partial charge in [0.1, 0.15) is 5.75 Å². The molecule has 132 valence electrons. The Morgan fingerprint density at radius 3 is 2.50 bits per heavy atom. The van der Waals surface area contributed by atoms with Crippen LogP contribution in [-0.4, -0.2) is 29.1 Å². The van der Waals surface area contributed by atoms with Crippen molar-refractivity contribution in [2.24, 2.45) is 7.05 Å². The number of hydrogen-bond donors (Lipinski definition) is 1. The molecule has 0 aliphatic rings. The van der Waals surface area contributed by atoms with Gasteiger partial charge in [-0.1, -0.05) is 12.1 Å². The van der Waals surface area contributed by atoms with Crippen molar-refractivity contribution in [1.82, 2.24) is 9.55 Å². The second-order valence-corrected chi connectivity index (χ2v) is 5.71. The molecule has 5 nitrogen and oxygen atoms in total. The molecule has 0 aliphatic heterocycles. The number of benzene rings is 1. The van der Waals surface area contributed by atoms with Crippen molar-refractivity contribution < 1.29 is 4.74 Å². The minimum Gasteiger partial charge on any atom is -0.497 e. The van der Waals surface area contributed by atoms with Gasteiger partial charge < -0.3 is 10.1 Å². The molecule has 0 spiro atoms. The molecule has 0 aliphatic carbocycles. The molecule has 0 bridgehead atoms. The first-order valence-corrected chi connectivity index (χ1v) is 8.09. The molecule has 2 rings (SSSR count). The number of hydrogen-bond acceptors (Lipinski definition) is 4. The number of ether oxygens (including phenoxy) is 1. The lowest BCUT2D eigenvalue weighted by Crippen LogP contribution is -2.27. The predicted molar refractivity (Wildman–Crippen MR) is 101 cm³/mol. The van der Waals surface area contributed by atoms with Gasteiger partial charge >= 0.3 is 0 Å². The Balaban J connectivity index is 0.00000288. The molecule has 1 N–H and O–H groups in total. The molecule has 1 heterocycles. The van der Waals surface area contributed by atoms with Crippen LogP contribution in [0.3, 0.4) is 0 Å². The minimum atomic E-state index is -0.0369. The van der Waals surface area contributed by atoms with Crippen molar-refractivity contribution in [2.45, 2.75) is 19.8 Å². The van der Waals surface area contributed by atoms with Crippen LogP contribution in [-0.2, 0) is 19.9 Å². The first kappa shape index (κ1) is 20.3. The molecule has 0 amide bonds. The maximum Gasteiger partial charge on any atom is 0.258 e. The zero-order valence-electron chi connectivity index (χ0n) is 14.1. The molecule has 0 atom stereocenters. The third kappa shape index (κ3) is 4.89.